The van der Waals surface area contributed by atoms with Gasteiger partial charge in [0, 0.05) is 41.5 Å². The monoisotopic (exact) mass is 367 g/mol. The van der Waals surface area contributed by atoms with Crippen LogP contribution in [0.25, 0.3) is 11.9 Å². The van der Waals surface area contributed by atoms with Gasteiger partial charge in [-0.05, 0) is 61.9 Å². The Labute approximate surface area is 156 Å². The fourth-order valence-corrected chi connectivity index (χ4v) is 4.36. The summed E-state index contributed by atoms with van der Waals surface area (Å²) in [7, 11) is 0. The Morgan fingerprint density at radius 1 is 1.31 bits per heavy atom. The van der Waals surface area contributed by atoms with Crippen LogP contribution in [0.3, 0.4) is 0 Å². The van der Waals surface area contributed by atoms with E-state index in [9.17, 15) is 4.79 Å². The maximum atomic E-state index is 12.6. The van der Waals surface area contributed by atoms with Crippen molar-refractivity contribution < 1.29 is 9.32 Å². The van der Waals surface area contributed by atoms with Gasteiger partial charge < -0.3 is 9.42 Å². The van der Waals surface area contributed by atoms with Crippen molar-refractivity contribution in [3.8, 4) is 5.82 Å². The molecule has 1 aliphatic heterocycles. The lowest BCUT2D eigenvalue weighted by Gasteiger charge is -2.25. The molecular weight excluding hydrogens is 346 g/mol. The second kappa shape index (κ2) is 6.61. The Morgan fingerprint density at radius 2 is 2.15 bits per heavy atom. The highest BCUT2D eigenvalue weighted by atomic mass is 32.1. The van der Waals surface area contributed by atoms with Gasteiger partial charge in [-0.15, -0.1) is 11.3 Å². The van der Waals surface area contributed by atoms with Gasteiger partial charge in [-0.1, -0.05) is 5.16 Å². The molecule has 4 heterocycles. The zero-order valence-electron chi connectivity index (χ0n) is 15.2. The topological polar surface area (TPSA) is 51.3 Å². The van der Waals surface area contributed by atoms with Crippen LogP contribution in [0.15, 0.2) is 34.2 Å². The Bertz CT molecular complexity index is 993. The van der Waals surface area contributed by atoms with E-state index in [1.165, 1.54) is 10.4 Å². The van der Waals surface area contributed by atoms with E-state index >= 15 is 0 Å². The van der Waals surface area contributed by atoms with Gasteiger partial charge in [-0.25, -0.2) is 0 Å². The van der Waals surface area contributed by atoms with Crippen LogP contribution in [-0.4, -0.2) is 27.1 Å². The summed E-state index contributed by atoms with van der Waals surface area (Å²) in [6.45, 7) is 7.42. The molecular formula is C20H21N3O2S. The largest absolute Gasteiger partial charge is 0.360 e. The predicted molar refractivity (Wildman–Crippen MR) is 103 cm³/mol. The average Bonchev–Trinajstić information content (AvgIpc) is 3.31. The number of hydrogen-bond acceptors (Lipinski definition) is 4. The molecule has 5 nitrogen and oxygen atoms in total. The number of nitrogens with zero attached hydrogens (tertiary/aromatic N) is 3. The lowest BCUT2D eigenvalue weighted by molar-refractivity contribution is -0.126. The molecule has 3 aromatic rings. The van der Waals surface area contributed by atoms with E-state index in [1.807, 2.05) is 42.4 Å². The third kappa shape index (κ3) is 3.01. The molecule has 6 heteroatoms. The summed E-state index contributed by atoms with van der Waals surface area (Å²) in [6, 6.07) is 6.10. The summed E-state index contributed by atoms with van der Waals surface area (Å²) < 4.78 is 7.23. The smallest absolute Gasteiger partial charge is 0.246 e. The first kappa shape index (κ1) is 16.8. The van der Waals surface area contributed by atoms with Crippen molar-refractivity contribution in [2.24, 2.45) is 0 Å². The number of rotatable bonds is 3. The molecule has 0 saturated carbocycles. The Morgan fingerprint density at radius 3 is 2.92 bits per heavy atom. The van der Waals surface area contributed by atoms with Crippen LogP contribution in [0.4, 0.5) is 0 Å². The van der Waals surface area contributed by atoms with Gasteiger partial charge in [0.25, 0.3) is 0 Å². The fraction of sp³-hybridized carbons (Fsp3) is 0.300. The normalized spacial score (nSPS) is 14.2. The van der Waals surface area contributed by atoms with E-state index in [0.717, 1.165) is 41.5 Å². The van der Waals surface area contributed by atoms with Crippen molar-refractivity contribution in [1.29, 1.82) is 0 Å². The molecule has 1 amide bonds. The second-order valence-corrected chi connectivity index (χ2v) is 7.67. The van der Waals surface area contributed by atoms with Crippen LogP contribution in [0, 0.1) is 20.8 Å². The zero-order valence-corrected chi connectivity index (χ0v) is 16.0. The minimum atomic E-state index is 0.0592. The summed E-state index contributed by atoms with van der Waals surface area (Å²) in [5.74, 6) is 1.60. The molecule has 134 valence electrons. The van der Waals surface area contributed by atoms with Gasteiger partial charge in [0.15, 0.2) is 5.82 Å². The van der Waals surface area contributed by atoms with Crippen molar-refractivity contribution in [1.82, 2.24) is 14.6 Å². The number of aryl methyl sites for hydroxylation is 2. The van der Waals surface area contributed by atoms with Gasteiger partial charge in [-0.2, -0.15) is 0 Å². The minimum absolute atomic E-state index is 0.0592. The van der Waals surface area contributed by atoms with Crippen LogP contribution in [0.1, 0.15) is 33.2 Å². The summed E-state index contributed by atoms with van der Waals surface area (Å²) >= 11 is 1.78. The highest BCUT2D eigenvalue weighted by molar-refractivity contribution is 7.10. The first-order chi connectivity index (χ1) is 12.5. The molecule has 26 heavy (non-hydrogen) atoms. The molecule has 0 saturated heterocycles. The molecule has 0 atom stereocenters. The number of carbonyl (C=O) groups excluding carboxylic acids is 1. The van der Waals surface area contributed by atoms with E-state index in [0.29, 0.717) is 6.54 Å². The fourth-order valence-electron chi connectivity index (χ4n) is 3.47. The molecule has 0 aromatic carbocycles. The Balaban J connectivity index is 1.53. The number of amides is 1. The summed E-state index contributed by atoms with van der Waals surface area (Å²) in [5, 5.41) is 6.20. The summed E-state index contributed by atoms with van der Waals surface area (Å²) in [5.41, 5.74) is 4.40. The maximum Gasteiger partial charge on any atom is 0.246 e. The molecule has 4 rings (SSSR count). The Kier molecular flexibility index (Phi) is 4.28. The maximum absolute atomic E-state index is 12.6. The lowest BCUT2D eigenvalue weighted by Crippen LogP contribution is -2.34. The highest BCUT2D eigenvalue weighted by Crippen LogP contribution is 2.25. The van der Waals surface area contributed by atoms with E-state index < -0.39 is 0 Å². The van der Waals surface area contributed by atoms with Gasteiger partial charge >= 0.3 is 0 Å². The molecule has 1 aliphatic rings. The van der Waals surface area contributed by atoms with Crippen LogP contribution < -0.4 is 0 Å². The molecule has 0 unspecified atom stereocenters. The van der Waals surface area contributed by atoms with E-state index in [1.54, 1.807) is 17.4 Å². The number of hydrogen-bond donors (Lipinski definition) is 0. The van der Waals surface area contributed by atoms with E-state index in [4.69, 9.17) is 4.52 Å². The van der Waals surface area contributed by atoms with E-state index in [2.05, 4.69) is 22.7 Å². The zero-order chi connectivity index (χ0) is 18.3. The van der Waals surface area contributed by atoms with Crippen molar-refractivity contribution in [3.63, 3.8) is 0 Å². The predicted octanol–water partition coefficient (Wildman–Crippen LogP) is 4.05. The molecule has 0 aliphatic carbocycles. The highest BCUT2D eigenvalue weighted by Gasteiger charge is 2.20. The molecule has 0 spiro atoms. The van der Waals surface area contributed by atoms with Crippen LogP contribution in [-0.2, 0) is 17.8 Å². The van der Waals surface area contributed by atoms with Crippen molar-refractivity contribution in [3.05, 3.63) is 62.8 Å². The molecule has 3 aromatic heterocycles. The average molecular weight is 367 g/mol. The first-order valence-electron chi connectivity index (χ1n) is 8.68. The van der Waals surface area contributed by atoms with Crippen LogP contribution >= 0.6 is 11.3 Å². The first-order valence-corrected chi connectivity index (χ1v) is 9.56. The van der Waals surface area contributed by atoms with Crippen LogP contribution in [0.5, 0.6) is 0 Å². The van der Waals surface area contributed by atoms with Gasteiger partial charge in [0.05, 0.1) is 0 Å². The molecule has 0 fully saturated rings. The van der Waals surface area contributed by atoms with Crippen molar-refractivity contribution in [2.45, 2.75) is 33.7 Å². The number of fused-ring (bicyclic) bond motifs is 1. The molecule has 0 radical (unpaired) electrons. The Hall–Kier alpha value is -2.60. The number of aromatic nitrogens is 2. The van der Waals surface area contributed by atoms with Crippen molar-refractivity contribution >= 4 is 23.3 Å². The number of carbonyl (C=O) groups is 1. The van der Waals surface area contributed by atoms with Crippen LogP contribution in [0.2, 0.25) is 0 Å². The third-order valence-electron chi connectivity index (χ3n) is 4.84. The number of thiophene rings is 1. The van der Waals surface area contributed by atoms with Gasteiger partial charge in [0.2, 0.25) is 5.91 Å². The molecule has 0 N–H and O–H groups in total. The summed E-state index contributed by atoms with van der Waals surface area (Å²) in [4.78, 5) is 15.9. The van der Waals surface area contributed by atoms with E-state index in [-0.39, 0.29) is 5.91 Å². The third-order valence-corrected chi connectivity index (χ3v) is 5.86. The summed E-state index contributed by atoms with van der Waals surface area (Å²) in [6.07, 6.45) is 4.53. The van der Waals surface area contributed by atoms with Crippen molar-refractivity contribution in [2.75, 3.05) is 6.54 Å². The molecule has 0 bridgehead atoms. The lowest BCUT2D eigenvalue weighted by atomic mass is 10.1. The van der Waals surface area contributed by atoms with Gasteiger partial charge in [-0.3, -0.25) is 9.36 Å². The standard InChI is InChI=1S/C20H21N3O2S/c1-13-10-16(15(3)23(13)19-11-14(2)25-21-19)4-5-20(24)22-8-6-18-17(12-22)7-9-26-18/h4-5,7,9-11H,6,8,12H2,1-3H3/b5-4+. The SMILES string of the molecule is Cc1cc(-n2c(C)cc(/C=C/C(=O)N3CCc4sccc4C3)c2C)no1. The van der Waals surface area contributed by atoms with Gasteiger partial charge in [0.1, 0.15) is 5.76 Å². The minimum Gasteiger partial charge on any atom is -0.360 e. The quantitative estimate of drug-likeness (QED) is 0.656. The second-order valence-electron chi connectivity index (χ2n) is 6.67.